The third-order valence-corrected chi connectivity index (χ3v) is 3.01. The number of carbonyl (C=O) groups excluding carboxylic acids is 2. The Hall–Kier alpha value is -2.17. The van der Waals surface area contributed by atoms with Crippen molar-refractivity contribution in [2.24, 2.45) is 0 Å². The number of fused-ring (bicyclic) bond motifs is 1. The van der Waals surface area contributed by atoms with Gasteiger partial charge in [-0.05, 0) is 45.0 Å². The summed E-state index contributed by atoms with van der Waals surface area (Å²) in [5.41, 5.74) is 0.812. The van der Waals surface area contributed by atoms with Crippen LogP contribution in [0, 0.1) is 5.82 Å². The first-order valence-corrected chi connectivity index (χ1v) is 6.47. The van der Waals surface area contributed by atoms with Crippen LogP contribution in [0.1, 0.15) is 37.3 Å². The monoisotopic (exact) mass is 277 g/mol. The SMILES string of the molecule is CCOC(=O)C(=O)c1cc2ccc(F)cc2n1C(C)C. The molecule has 2 aromatic rings. The van der Waals surface area contributed by atoms with E-state index in [1.54, 1.807) is 23.6 Å². The summed E-state index contributed by atoms with van der Waals surface area (Å²) in [5.74, 6) is -1.98. The number of hydrogen-bond acceptors (Lipinski definition) is 3. The van der Waals surface area contributed by atoms with Gasteiger partial charge in [-0.15, -0.1) is 0 Å². The number of ether oxygens (including phenoxy) is 1. The van der Waals surface area contributed by atoms with Crippen molar-refractivity contribution in [2.45, 2.75) is 26.8 Å². The van der Waals surface area contributed by atoms with Crippen LogP contribution in [0.2, 0.25) is 0 Å². The maximum atomic E-state index is 13.4. The van der Waals surface area contributed by atoms with Crippen LogP contribution in [0.3, 0.4) is 0 Å². The highest BCUT2D eigenvalue weighted by atomic mass is 19.1. The second-order valence-corrected chi connectivity index (χ2v) is 4.75. The van der Waals surface area contributed by atoms with Crippen LogP contribution in [0.5, 0.6) is 0 Å². The van der Waals surface area contributed by atoms with E-state index in [2.05, 4.69) is 0 Å². The highest BCUT2D eigenvalue weighted by Gasteiger charge is 2.24. The Balaban J connectivity index is 2.61. The Labute approximate surface area is 116 Å². The van der Waals surface area contributed by atoms with Crippen molar-refractivity contribution < 1.29 is 18.7 Å². The van der Waals surface area contributed by atoms with Gasteiger partial charge in [0.2, 0.25) is 0 Å². The van der Waals surface area contributed by atoms with Crippen molar-refractivity contribution in [3.63, 3.8) is 0 Å². The minimum atomic E-state index is -0.891. The number of aromatic nitrogens is 1. The van der Waals surface area contributed by atoms with Gasteiger partial charge in [0.1, 0.15) is 5.82 Å². The molecule has 0 saturated carbocycles. The summed E-state index contributed by atoms with van der Waals surface area (Å²) in [6.45, 7) is 5.51. The largest absolute Gasteiger partial charge is 0.460 e. The standard InChI is InChI=1S/C15H16FNO3/c1-4-20-15(19)14(18)13-7-10-5-6-11(16)8-12(10)17(13)9(2)3/h5-9H,4H2,1-3H3. The van der Waals surface area contributed by atoms with E-state index < -0.39 is 11.8 Å². The molecule has 1 aromatic carbocycles. The minimum Gasteiger partial charge on any atom is -0.460 e. The molecule has 0 amide bonds. The molecule has 1 aromatic heterocycles. The number of esters is 1. The van der Waals surface area contributed by atoms with Gasteiger partial charge in [0.05, 0.1) is 17.8 Å². The first-order chi connectivity index (χ1) is 9.45. The van der Waals surface area contributed by atoms with E-state index in [0.29, 0.717) is 10.9 Å². The van der Waals surface area contributed by atoms with E-state index in [9.17, 15) is 14.0 Å². The molecule has 20 heavy (non-hydrogen) atoms. The van der Waals surface area contributed by atoms with Crippen molar-refractivity contribution in [3.8, 4) is 0 Å². The van der Waals surface area contributed by atoms with Crippen molar-refractivity contribution in [2.75, 3.05) is 6.61 Å². The van der Waals surface area contributed by atoms with Crippen LogP contribution in [0.15, 0.2) is 24.3 Å². The quantitative estimate of drug-likeness (QED) is 0.490. The van der Waals surface area contributed by atoms with Gasteiger partial charge >= 0.3 is 5.97 Å². The van der Waals surface area contributed by atoms with Gasteiger partial charge in [0, 0.05) is 11.4 Å². The Kier molecular flexibility index (Phi) is 3.88. The van der Waals surface area contributed by atoms with Crippen molar-refractivity contribution in [1.29, 1.82) is 0 Å². The fraction of sp³-hybridized carbons (Fsp3) is 0.333. The summed E-state index contributed by atoms with van der Waals surface area (Å²) in [4.78, 5) is 23.7. The molecule has 0 saturated heterocycles. The van der Waals surface area contributed by atoms with Crippen LogP contribution >= 0.6 is 0 Å². The molecule has 0 N–H and O–H groups in total. The zero-order valence-electron chi connectivity index (χ0n) is 11.6. The zero-order chi connectivity index (χ0) is 14.9. The first-order valence-electron chi connectivity index (χ1n) is 6.47. The molecule has 0 spiro atoms. The van der Waals surface area contributed by atoms with Crippen LogP contribution in [0.25, 0.3) is 10.9 Å². The van der Waals surface area contributed by atoms with Gasteiger partial charge in [-0.25, -0.2) is 9.18 Å². The fourth-order valence-electron chi connectivity index (χ4n) is 2.23. The highest BCUT2D eigenvalue weighted by molar-refractivity contribution is 6.40. The molecular weight excluding hydrogens is 261 g/mol. The molecule has 0 aliphatic heterocycles. The molecule has 0 aliphatic rings. The molecule has 1 heterocycles. The van der Waals surface area contributed by atoms with E-state index in [-0.39, 0.29) is 24.2 Å². The van der Waals surface area contributed by atoms with Crippen LogP contribution in [0.4, 0.5) is 4.39 Å². The lowest BCUT2D eigenvalue weighted by atomic mass is 10.2. The summed E-state index contributed by atoms with van der Waals surface area (Å²) in [6.07, 6.45) is 0. The molecule has 2 rings (SSSR count). The summed E-state index contributed by atoms with van der Waals surface area (Å²) in [6, 6.07) is 5.78. The lowest BCUT2D eigenvalue weighted by Crippen LogP contribution is -2.21. The average molecular weight is 277 g/mol. The Morgan fingerprint density at radius 3 is 2.60 bits per heavy atom. The number of ketones is 1. The number of halogens is 1. The second-order valence-electron chi connectivity index (χ2n) is 4.75. The fourth-order valence-corrected chi connectivity index (χ4v) is 2.23. The number of Topliss-reactive ketones (excluding diaryl/α,β-unsaturated/α-hetero) is 1. The first kappa shape index (κ1) is 14.2. The van der Waals surface area contributed by atoms with Gasteiger partial charge in [0.25, 0.3) is 5.78 Å². The molecular formula is C15H16FNO3. The number of benzene rings is 1. The molecule has 0 fully saturated rings. The molecule has 106 valence electrons. The van der Waals surface area contributed by atoms with Gasteiger partial charge in [-0.1, -0.05) is 0 Å². The van der Waals surface area contributed by atoms with E-state index in [1.165, 1.54) is 12.1 Å². The van der Waals surface area contributed by atoms with E-state index >= 15 is 0 Å². The summed E-state index contributed by atoms with van der Waals surface area (Å²) >= 11 is 0. The average Bonchev–Trinajstić information content (AvgIpc) is 2.76. The highest BCUT2D eigenvalue weighted by Crippen LogP contribution is 2.25. The second kappa shape index (κ2) is 5.45. The predicted octanol–water partition coefficient (Wildman–Crippen LogP) is 3.11. The number of nitrogens with zero attached hydrogens (tertiary/aromatic N) is 1. The lowest BCUT2D eigenvalue weighted by Gasteiger charge is -2.13. The molecule has 0 unspecified atom stereocenters. The third kappa shape index (κ3) is 2.43. The maximum Gasteiger partial charge on any atom is 0.381 e. The van der Waals surface area contributed by atoms with E-state index in [4.69, 9.17) is 4.74 Å². The molecule has 4 nitrogen and oxygen atoms in total. The van der Waals surface area contributed by atoms with Crippen molar-refractivity contribution in [3.05, 3.63) is 35.8 Å². The molecule has 0 atom stereocenters. The number of hydrogen-bond donors (Lipinski definition) is 0. The Morgan fingerprint density at radius 2 is 2.00 bits per heavy atom. The topological polar surface area (TPSA) is 48.3 Å². The summed E-state index contributed by atoms with van der Waals surface area (Å²) in [7, 11) is 0. The van der Waals surface area contributed by atoms with Gasteiger partial charge in [-0.2, -0.15) is 0 Å². The molecule has 0 aliphatic carbocycles. The predicted molar refractivity (Wildman–Crippen MR) is 73.2 cm³/mol. The zero-order valence-corrected chi connectivity index (χ0v) is 11.6. The van der Waals surface area contributed by atoms with Crippen molar-refractivity contribution >= 4 is 22.7 Å². The molecule has 0 radical (unpaired) electrons. The number of rotatable bonds is 4. The molecule has 0 bridgehead atoms. The van der Waals surface area contributed by atoms with Crippen LogP contribution in [-0.4, -0.2) is 22.9 Å². The third-order valence-electron chi connectivity index (χ3n) is 3.01. The van der Waals surface area contributed by atoms with Crippen LogP contribution in [-0.2, 0) is 9.53 Å². The van der Waals surface area contributed by atoms with Crippen LogP contribution < -0.4 is 0 Å². The maximum absolute atomic E-state index is 13.4. The Morgan fingerprint density at radius 1 is 1.30 bits per heavy atom. The summed E-state index contributed by atoms with van der Waals surface area (Å²) < 4.78 is 19.8. The van der Waals surface area contributed by atoms with E-state index in [1.807, 2.05) is 13.8 Å². The van der Waals surface area contributed by atoms with Gasteiger partial charge in [0.15, 0.2) is 0 Å². The van der Waals surface area contributed by atoms with Crippen molar-refractivity contribution in [1.82, 2.24) is 4.57 Å². The minimum absolute atomic E-state index is 0.0809. The van der Waals surface area contributed by atoms with E-state index in [0.717, 1.165) is 0 Å². The van der Waals surface area contributed by atoms with Gasteiger partial charge in [-0.3, -0.25) is 4.79 Å². The molecule has 5 heteroatoms. The smallest absolute Gasteiger partial charge is 0.381 e. The number of carbonyl (C=O) groups is 2. The summed E-state index contributed by atoms with van der Waals surface area (Å²) in [5, 5.41) is 0.716. The normalized spacial score (nSPS) is 11.1. The van der Waals surface area contributed by atoms with Gasteiger partial charge < -0.3 is 9.30 Å². The lowest BCUT2D eigenvalue weighted by molar-refractivity contribution is -0.137. The Bertz CT molecular complexity index is 673.